The van der Waals surface area contributed by atoms with Crippen molar-refractivity contribution in [2.24, 2.45) is 5.84 Å². The molecular weight excluding hydrogens is 335 g/mol. The Balaban J connectivity index is 2.17. The van der Waals surface area contributed by atoms with E-state index in [1.165, 1.54) is 12.1 Å². The highest BCUT2D eigenvalue weighted by Gasteiger charge is 2.13. The van der Waals surface area contributed by atoms with Gasteiger partial charge in [-0.05, 0) is 29.8 Å². The lowest BCUT2D eigenvalue weighted by atomic mass is 10.2. The Labute approximate surface area is 136 Å². The second-order valence-corrected chi connectivity index (χ2v) is 5.41. The first kappa shape index (κ1) is 15.9. The van der Waals surface area contributed by atoms with Gasteiger partial charge in [0.05, 0.1) is 10.0 Å². The van der Waals surface area contributed by atoms with Gasteiger partial charge in [0.2, 0.25) is 0 Å². The molecule has 0 radical (unpaired) electrons. The molecule has 0 spiro atoms. The zero-order valence-electron chi connectivity index (χ0n) is 10.7. The number of hydrogen-bond donors (Lipinski definition) is 2. The first-order chi connectivity index (χ1) is 10.0. The Kier molecular flexibility index (Phi) is 5.31. The highest BCUT2D eigenvalue weighted by atomic mass is 35.5. The first-order valence-electron chi connectivity index (χ1n) is 5.88. The lowest BCUT2D eigenvalue weighted by Crippen LogP contribution is -2.29. The molecule has 0 aliphatic carbocycles. The number of hydrogen-bond acceptors (Lipinski definition) is 3. The maximum absolute atomic E-state index is 11.4. The van der Waals surface area contributed by atoms with Crippen LogP contribution in [0.4, 0.5) is 0 Å². The number of hydrazine groups is 1. The summed E-state index contributed by atoms with van der Waals surface area (Å²) >= 11 is 18.0. The molecular formula is C14H11Cl3N2O2. The molecule has 110 valence electrons. The minimum atomic E-state index is -0.483. The van der Waals surface area contributed by atoms with Gasteiger partial charge in [-0.15, -0.1) is 0 Å². The second kappa shape index (κ2) is 7.00. The Bertz CT molecular complexity index is 637. The number of nitrogens with one attached hydrogen (secondary N) is 1. The molecule has 0 aromatic heterocycles. The smallest absolute Gasteiger partial charge is 0.265 e. The molecule has 0 bridgehead atoms. The highest BCUT2D eigenvalue weighted by molar-refractivity contribution is 6.37. The molecule has 3 N–H and O–H groups in total. The summed E-state index contributed by atoms with van der Waals surface area (Å²) in [5.74, 6) is 4.89. The van der Waals surface area contributed by atoms with E-state index in [1.807, 2.05) is 17.6 Å². The summed E-state index contributed by atoms with van der Waals surface area (Å²) in [6, 6.07) is 10.1. The normalized spacial score (nSPS) is 10.3. The van der Waals surface area contributed by atoms with Crippen LogP contribution in [-0.2, 0) is 6.61 Å². The maximum atomic E-state index is 11.4. The number of halogens is 3. The lowest BCUT2D eigenvalue weighted by Gasteiger charge is -2.11. The summed E-state index contributed by atoms with van der Waals surface area (Å²) < 4.78 is 5.59. The zero-order valence-corrected chi connectivity index (χ0v) is 13.0. The summed E-state index contributed by atoms with van der Waals surface area (Å²) in [5.41, 5.74) is 3.18. The van der Waals surface area contributed by atoms with Crippen molar-refractivity contribution in [2.75, 3.05) is 0 Å². The van der Waals surface area contributed by atoms with Gasteiger partial charge in [0.15, 0.2) is 5.75 Å². The van der Waals surface area contributed by atoms with Crippen molar-refractivity contribution in [3.05, 3.63) is 62.6 Å². The quantitative estimate of drug-likeness (QED) is 0.503. The molecule has 2 aromatic rings. The summed E-state index contributed by atoms with van der Waals surface area (Å²) in [6.45, 7) is 0.277. The van der Waals surface area contributed by atoms with Gasteiger partial charge in [0.1, 0.15) is 6.61 Å². The number of benzene rings is 2. The molecule has 0 aliphatic rings. The number of amides is 1. The van der Waals surface area contributed by atoms with Crippen LogP contribution in [0.15, 0.2) is 36.4 Å². The van der Waals surface area contributed by atoms with Crippen LogP contribution in [0.25, 0.3) is 0 Å². The van der Waals surface area contributed by atoms with Crippen molar-refractivity contribution in [1.29, 1.82) is 0 Å². The van der Waals surface area contributed by atoms with Crippen LogP contribution in [0.2, 0.25) is 15.1 Å². The van der Waals surface area contributed by atoms with Crippen LogP contribution in [-0.4, -0.2) is 5.91 Å². The molecule has 0 heterocycles. The predicted molar refractivity (Wildman–Crippen MR) is 83.9 cm³/mol. The molecule has 2 aromatic carbocycles. The van der Waals surface area contributed by atoms with Crippen molar-refractivity contribution in [1.82, 2.24) is 5.43 Å². The van der Waals surface area contributed by atoms with Gasteiger partial charge in [-0.1, -0.05) is 46.9 Å². The number of carbonyl (C=O) groups excluding carboxylic acids is 1. The Hall–Kier alpha value is -1.46. The van der Waals surface area contributed by atoms with Gasteiger partial charge in [0.25, 0.3) is 5.91 Å². The van der Waals surface area contributed by atoms with Crippen molar-refractivity contribution in [3.8, 4) is 5.75 Å². The van der Waals surface area contributed by atoms with Crippen molar-refractivity contribution in [2.45, 2.75) is 6.61 Å². The van der Waals surface area contributed by atoms with E-state index in [9.17, 15) is 4.79 Å². The van der Waals surface area contributed by atoms with Crippen molar-refractivity contribution >= 4 is 40.7 Å². The van der Waals surface area contributed by atoms with Gasteiger partial charge in [-0.25, -0.2) is 5.84 Å². The summed E-state index contributed by atoms with van der Waals surface area (Å²) in [6.07, 6.45) is 0. The molecule has 2 rings (SSSR count). The molecule has 1 amide bonds. The molecule has 0 unspecified atom stereocenters. The van der Waals surface area contributed by atoms with Crippen LogP contribution in [0.3, 0.4) is 0 Å². The summed E-state index contributed by atoms with van der Waals surface area (Å²) in [5, 5.41) is 1.11. The van der Waals surface area contributed by atoms with Gasteiger partial charge in [-0.3, -0.25) is 10.2 Å². The number of nitrogens with two attached hydrogens (primary N) is 1. The van der Waals surface area contributed by atoms with E-state index in [1.54, 1.807) is 12.1 Å². The van der Waals surface area contributed by atoms with Gasteiger partial charge < -0.3 is 4.74 Å². The minimum Gasteiger partial charge on any atom is -0.486 e. The molecule has 0 saturated heterocycles. The fourth-order valence-electron chi connectivity index (χ4n) is 1.65. The van der Waals surface area contributed by atoms with Gasteiger partial charge in [-0.2, -0.15) is 0 Å². The largest absolute Gasteiger partial charge is 0.486 e. The molecule has 4 nitrogen and oxygen atoms in total. The third-order valence-electron chi connectivity index (χ3n) is 2.69. The predicted octanol–water partition coefficient (Wildman–Crippen LogP) is 3.83. The van der Waals surface area contributed by atoms with Crippen molar-refractivity contribution in [3.63, 3.8) is 0 Å². The molecule has 0 atom stereocenters. The van der Waals surface area contributed by atoms with Crippen LogP contribution < -0.4 is 16.0 Å². The van der Waals surface area contributed by atoms with Crippen molar-refractivity contribution < 1.29 is 9.53 Å². The average molecular weight is 346 g/mol. The van der Waals surface area contributed by atoms with E-state index in [0.29, 0.717) is 10.8 Å². The Morgan fingerprint density at radius 3 is 2.19 bits per heavy atom. The second-order valence-electron chi connectivity index (χ2n) is 4.16. The average Bonchev–Trinajstić information content (AvgIpc) is 2.47. The topological polar surface area (TPSA) is 64.3 Å². The minimum absolute atomic E-state index is 0.232. The van der Waals surface area contributed by atoms with E-state index < -0.39 is 5.91 Å². The van der Waals surface area contributed by atoms with E-state index in [4.69, 9.17) is 45.4 Å². The van der Waals surface area contributed by atoms with Crippen LogP contribution in [0, 0.1) is 0 Å². The third-order valence-corrected chi connectivity index (χ3v) is 3.50. The molecule has 0 aliphatic heterocycles. The Morgan fingerprint density at radius 2 is 1.67 bits per heavy atom. The van der Waals surface area contributed by atoms with E-state index in [-0.39, 0.29) is 22.2 Å². The number of ether oxygens (including phenoxy) is 1. The Morgan fingerprint density at radius 1 is 1.10 bits per heavy atom. The van der Waals surface area contributed by atoms with Crippen LogP contribution in [0.5, 0.6) is 5.75 Å². The SMILES string of the molecule is NNC(=O)c1cc(Cl)c(OCc2ccc(Cl)cc2)c(Cl)c1. The number of carbonyl (C=O) groups is 1. The standard InChI is InChI=1S/C14H11Cl3N2O2/c15-10-3-1-8(2-4-10)7-21-13-11(16)5-9(6-12(13)17)14(20)19-18/h1-6H,7,18H2,(H,19,20). The summed E-state index contributed by atoms with van der Waals surface area (Å²) in [7, 11) is 0. The highest BCUT2D eigenvalue weighted by Crippen LogP contribution is 2.34. The molecule has 0 fully saturated rings. The van der Waals surface area contributed by atoms with Crippen LogP contribution in [0.1, 0.15) is 15.9 Å². The number of nitrogen functional groups attached to an aromatic ring is 1. The van der Waals surface area contributed by atoms with E-state index in [0.717, 1.165) is 5.56 Å². The first-order valence-corrected chi connectivity index (χ1v) is 7.02. The van der Waals surface area contributed by atoms with Gasteiger partial charge in [0, 0.05) is 10.6 Å². The third kappa shape index (κ3) is 4.02. The van der Waals surface area contributed by atoms with E-state index >= 15 is 0 Å². The molecule has 0 saturated carbocycles. The monoisotopic (exact) mass is 344 g/mol. The number of rotatable bonds is 4. The maximum Gasteiger partial charge on any atom is 0.265 e. The lowest BCUT2D eigenvalue weighted by molar-refractivity contribution is 0.0953. The van der Waals surface area contributed by atoms with E-state index in [2.05, 4.69) is 0 Å². The fraction of sp³-hybridized carbons (Fsp3) is 0.0714. The fourth-order valence-corrected chi connectivity index (χ4v) is 2.37. The van der Waals surface area contributed by atoms with Gasteiger partial charge >= 0.3 is 0 Å². The molecule has 21 heavy (non-hydrogen) atoms. The zero-order chi connectivity index (χ0) is 15.4. The van der Waals surface area contributed by atoms with Crippen LogP contribution >= 0.6 is 34.8 Å². The summed E-state index contributed by atoms with van der Waals surface area (Å²) in [4.78, 5) is 11.4. The molecule has 7 heteroatoms.